The number of carbonyl (C=O) groups is 3. The summed E-state index contributed by atoms with van der Waals surface area (Å²) in [7, 11) is 0. The third kappa shape index (κ3) is 5.48. The van der Waals surface area contributed by atoms with Crippen LogP contribution in [0.25, 0.3) is 11.1 Å². The second-order valence-corrected chi connectivity index (χ2v) is 9.00. The number of benzene rings is 2. The lowest BCUT2D eigenvalue weighted by molar-refractivity contribution is -0.142. The molecular formula is C28H30N2O5. The van der Waals surface area contributed by atoms with Gasteiger partial charge in [0.05, 0.1) is 5.92 Å². The zero-order chi connectivity index (χ0) is 24.8. The summed E-state index contributed by atoms with van der Waals surface area (Å²) in [6, 6.07) is 14.8. The number of hydrogen-bond donors (Lipinski definition) is 3. The van der Waals surface area contributed by atoms with Crippen molar-refractivity contribution in [2.75, 3.05) is 6.61 Å². The van der Waals surface area contributed by atoms with Gasteiger partial charge >= 0.3 is 12.1 Å². The molecule has 7 nitrogen and oxygen atoms in total. The lowest BCUT2D eigenvalue weighted by Crippen LogP contribution is -2.51. The zero-order valence-corrected chi connectivity index (χ0v) is 19.8. The number of nitrogens with one attached hydrogen (secondary N) is 2. The van der Waals surface area contributed by atoms with Gasteiger partial charge in [-0.3, -0.25) is 4.79 Å². The average molecular weight is 475 g/mol. The van der Waals surface area contributed by atoms with Crippen LogP contribution in [0.15, 0.2) is 48.5 Å². The number of carboxylic acids is 1. The summed E-state index contributed by atoms with van der Waals surface area (Å²) in [6.45, 7) is 1.82. The first-order valence-corrected chi connectivity index (χ1v) is 12.0. The maximum Gasteiger partial charge on any atom is 0.407 e. The van der Waals surface area contributed by atoms with Crippen LogP contribution in [-0.2, 0) is 14.3 Å². The van der Waals surface area contributed by atoms with Gasteiger partial charge in [0, 0.05) is 18.4 Å². The predicted octanol–water partition coefficient (Wildman–Crippen LogP) is 4.07. The molecule has 0 radical (unpaired) electrons. The molecule has 182 valence electrons. The van der Waals surface area contributed by atoms with Crippen LogP contribution in [0, 0.1) is 17.8 Å². The Hall–Kier alpha value is -3.79. The van der Waals surface area contributed by atoms with Crippen molar-refractivity contribution in [1.29, 1.82) is 0 Å². The smallest absolute Gasteiger partial charge is 0.407 e. The van der Waals surface area contributed by atoms with Crippen molar-refractivity contribution in [1.82, 2.24) is 10.6 Å². The first kappa shape index (κ1) is 24.3. The van der Waals surface area contributed by atoms with Crippen molar-refractivity contribution < 1.29 is 24.2 Å². The Morgan fingerprint density at radius 3 is 2.29 bits per heavy atom. The molecule has 1 fully saturated rings. The number of hydrogen-bond acceptors (Lipinski definition) is 4. The Morgan fingerprint density at radius 1 is 1.03 bits per heavy atom. The van der Waals surface area contributed by atoms with Gasteiger partial charge in [0.15, 0.2) is 0 Å². The molecule has 35 heavy (non-hydrogen) atoms. The lowest BCUT2D eigenvalue weighted by atomic mass is 9.83. The highest BCUT2D eigenvalue weighted by Gasteiger charge is 2.35. The van der Waals surface area contributed by atoms with Crippen LogP contribution in [0.3, 0.4) is 0 Å². The standard InChI is InChI=1S/C28H30N2O5/c1-2-3-15-25(27(32)33)29-26(31)22-14-8-9-16-24(22)30-28(34)35-17-23-20-12-6-4-10-18(20)19-11-5-7-13-21(19)23/h4-7,10-13,22-25H,8-9,14-17H2,1H3,(H,29,31)(H,30,34)(H,32,33)/t22-,24+,25?/m0/s1. The van der Waals surface area contributed by atoms with Crippen molar-refractivity contribution in [3.05, 3.63) is 59.7 Å². The molecule has 3 N–H and O–H groups in total. The van der Waals surface area contributed by atoms with Crippen molar-refractivity contribution in [2.24, 2.45) is 5.92 Å². The first-order chi connectivity index (χ1) is 17.0. The van der Waals surface area contributed by atoms with Crippen LogP contribution in [0.2, 0.25) is 0 Å². The number of carbonyl (C=O) groups excluding carboxylic acids is 2. The Morgan fingerprint density at radius 2 is 1.66 bits per heavy atom. The van der Waals surface area contributed by atoms with Gasteiger partial charge in [-0.2, -0.15) is 0 Å². The molecule has 0 heterocycles. The molecule has 1 unspecified atom stereocenters. The van der Waals surface area contributed by atoms with Crippen LogP contribution in [0.5, 0.6) is 0 Å². The molecule has 0 saturated heterocycles. The van der Waals surface area contributed by atoms with Crippen molar-refractivity contribution in [3.8, 4) is 23.0 Å². The zero-order valence-electron chi connectivity index (χ0n) is 19.8. The molecule has 2 aromatic rings. The SMILES string of the molecule is CC#CCC(NC(=O)[C@H]1CCCC[C@H]1NC(=O)OCC1c2ccccc2-c2ccccc21)C(=O)O. The maximum absolute atomic E-state index is 12.9. The monoisotopic (exact) mass is 474 g/mol. The van der Waals surface area contributed by atoms with Gasteiger partial charge in [0.2, 0.25) is 5.91 Å². The fraction of sp³-hybridized carbons (Fsp3) is 0.393. The molecule has 4 rings (SSSR count). The Balaban J connectivity index is 1.38. The topological polar surface area (TPSA) is 105 Å². The molecule has 3 atom stereocenters. The molecule has 0 aliphatic heterocycles. The molecule has 0 bridgehead atoms. The van der Waals surface area contributed by atoms with E-state index in [0.717, 1.165) is 35.1 Å². The van der Waals surface area contributed by atoms with Crippen molar-refractivity contribution in [2.45, 2.75) is 57.0 Å². The van der Waals surface area contributed by atoms with Crippen LogP contribution in [-0.4, -0.2) is 41.8 Å². The van der Waals surface area contributed by atoms with Crippen molar-refractivity contribution in [3.63, 3.8) is 0 Å². The molecular weight excluding hydrogens is 444 g/mol. The minimum atomic E-state index is -1.13. The van der Waals surface area contributed by atoms with Gasteiger partial charge in [-0.05, 0) is 42.0 Å². The Labute approximate surface area is 205 Å². The van der Waals surface area contributed by atoms with E-state index in [1.807, 2.05) is 24.3 Å². The molecule has 1 saturated carbocycles. The van der Waals surface area contributed by atoms with E-state index in [0.29, 0.717) is 12.8 Å². The average Bonchev–Trinajstić information content (AvgIpc) is 3.19. The number of fused-ring (bicyclic) bond motifs is 3. The van der Waals surface area contributed by atoms with E-state index >= 15 is 0 Å². The molecule has 0 spiro atoms. The summed E-state index contributed by atoms with van der Waals surface area (Å²) in [5.74, 6) is 3.29. The van der Waals surface area contributed by atoms with Gasteiger partial charge in [-0.25, -0.2) is 9.59 Å². The summed E-state index contributed by atoms with van der Waals surface area (Å²) >= 11 is 0. The number of amides is 2. The number of rotatable bonds is 7. The molecule has 0 aromatic heterocycles. The summed E-state index contributed by atoms with van der Waals surface area (Å²) in [5, 5.41) is 14.9. The van der Waals surface area contributed by atoms with E-state index < -0.39 is 30.1 Å². The van der Waals surface area contributed by atoms with Gasteiger partial charge in [0.1, 0.15) is 12.6 Å². The Kier molecular flexibility index (Phi) is 7.71. The van der Waals surface area contributed by atoms with E-state index in [-0.39, 0.29) is 24.9 Å². The normalized spacial score (nSPS) is 19.3. The van der Waals surface area contributed by atoms with E-state index in [2.05, 4.69) is 46.7 Å². The minimum absolute atomic E-state index is 0.0365. The molecule has 7 heteroatoms. The van der Waals surface area contributed by atoms with Gasteiger partial charge in [-0.1, -0.05) is 61.4 Å². The predicted molar refractivity (Wildman–Crippen MR) is 132 cm³/mol. The molecule has 2 aliphatic carbocycles. The third-order valence-corrected chi connectivity index (χ3v) is 6.85. The third-order valence-electron chi connectivity index (χ3n) is 6.85. The highest BCUT2D eigenvalue weighted by Crippen LogP contribution is 2.44. The number of aliphatic carboxylic acids is 1. The van der Waals surface area contributed by atoms with Gasteiger partial charge in [-0.15, -0.1) is 11.8 Å². The van der Waals surface area contributed by atoms with E-state index in [1.54, 1.807) is 6.92 Å². The summed E-state index contributed by atoms with van der Waals surface area (Å²) in [4.78, 5) is 37.1. The van der Waals surface area contributed by atoms with Gasteiger partial charge in [0.25, 0.3) is 0 Å². The van der Waals surface area contributed by atoms with Crippen LogP contribution >= 0.6 is 0 Å². The highest BCUT2D eigenvalue weighted by atomic mass is 16.5. The van der Waals surface area contributed by atoms with Gasteiger partial charge < -0.3 is 20.5 Å². The fourth-order valence-electron chi connectivity index (χ4n) is 5.09. The quantitative estimate of drug-likeness (QED) is 0.525. The largest absolute Gasteiger partial charge is 0.480 e. The second kappa shape index (κ2) is 11.1. The minimum Gasteiger partial charge on any atom is -0.480 e. The van der Waals surface area contributed by atoms with E-state index in [9.17, 15) is 19.5 Å². The summed E-state index contributed by atoms with van der Waals surface area (Å²) in [6.07, 6.45) is 2.40. The lowest BCUT2D eigenvalue weighted by Gasteiger charge is -2.31. The van der Waals surface area contributed by atoms with Crippen LogP contribution in [0.1, 0.15) is 56.1 Å². The fourth-order valence-corrected chi connectivity index (χ4v) is 5.09. The molecule has 2 aromatic carbocycles. The number of alkyl carbamates (subject to hydrolysis) is 1. The summed E-state index contributed by atoms with van der Waals surface area (Å²) < 4.78 is 5.65. The maximum atomic E-state index is 12.9. The molecule has 2 aliphatic rings. The van der Waals surface area contributed by atoms with E-state index in [1.165, 1.54) is 0 Å². The van der Waals surface area contributed by atoms with E-state index in [4.69, 9.17) is 4.74 Å². The van der Waals surface area contributed by atoms with Crippen LogP contribution in [0.4, 0.5) is 4.79 Å². The first-order valence-electron chi connectivity index (χ1n) is 12.0. The second-order valence-electron chi connectivity index (χ2n) is 9.00. The van der Waals surface area contributed by atoms with Crippen LogP contribution < -0.4 is 10.6 Å². The number of ether oxygens (including phenoxy) is 1. The summed E-state index contributed by atoms with van der Waals surface area (Å²) in [5.41, 5.74) is 4.57. The highest BCUT2D eigenvalue weighted by molar-refractivity contribution is 5.86. The van der Waals surface area contributed by atoms with Crippen molar-refractivity contribution >= 4 is 18.0 Å². The molecule has 2 amide bonds. The number of carboxylic acid groups (broad SMARTS) is 1. The Bertz CT molecular complexity index is 1120.